The number of anilines is 2. The third kappa shape index (κ3) is 5.34. The highest BCUT2D eigenvalue weighted by molar-refractivity contribution is 6.37. The molecule has 3 unspecified atom stereocenters. The monoisotopic (exact) mass is 695 g/mol. The molecule has 6 heterocycles. The molecule has 3 fully saturated rings. The number of nitrogen functional groups attached to an aromatic ring is 1. The van der Waals surface area contributed by atoms with Gasteiger partial charge in [0, 0.05) is 48.1 Å². The number of piperidine rings is 1. The molecule has 3 aromatic rings. The number of halogens is 7. The Balaban J connectivity index is 1.46. The summed E-state index contributed by atoms with van der Waals surface area (Å²) < 4.78 is 95.0. The molecule has 2 bridgehead atoms. The summed E-state index contributed by atoms with van der Waals surface area (Å²) in [6, 6.07) is 0.791. The lowest BCUT2D eigenvalue weighted by molar-refractivity contribution is -0.137. The standard InChI is InChI=1S/C33H36ClF6N7O/c1-14-9-19-18-6-5-16(42-18)11-47(19)30-22-21(14)25(34)23(27-24(33(38,39)40)15(2)10-20(41)43-27)26(35)28(22)44-31(45-30)48-13-32(3)12-46(4)8-7-17(32)29(36)37/h10,16-19,29,42H,1,5-9,11-13H2,2-4H3,(H2,41,43)/t16-,17?,18?,19-,32?/m1/s1. The van der Waals surface area contributed by atoms with Gasteiger partial charge >= 0.3 is 12.2 Å². The van der Waals surface area contributed by atoms with E-state index in [1.165, 1.54) is 6.92 Å². The van der Waals surface area contributed by atoms with Gasteiger partial charge in [-0.2, -0.15) is 23.1 Å². The number of pyridine rings is 1. The van der Waals surface area contributed by atoms with Gasteiger partial charge in [0.25, 0.3) is 0 Å². The van der Waals surface area contributed by atoms with Crippen molar-refractivity contribution < 1.29 is 31.1 Å². The lowest BCUT2D eigenvalue weighted by atomic mass is 9.73. The largest absolute Gasteiger partial charge is 0.463 e. The molecule has 3 saturated heterocycles. The van der Waals surface area contributed by atoms with Crippen molar-refractivity contribution >= 4 is 39.7 Å². The number of likely N-dealkylation sites (tertiary alicyclic amines) is 1. The number of fused-ring (bicyclic) bond motifs is 5. The average molecular weight is 696 g/mol. The molecule has 0 radical (unpaired) electrons. The van der Waals surface area contributed by atoms with Gasteiger partial charge in [-0.25, -0.2) is 18.2 Å². The van der Waals surface area contributed by atoms with E-state index in [0.29, 0.717) is 37.4 Å². The summed E-state index contributed by atoms with van der Waals surface area (Å²) >= 11 is 6.94. The number of piperazine rings is 1. The maximum absolute atomic E-state index is 17.0. The van der Waals surface area contributed by atoms with Crippen molar-refractivity contribution in [2.45, 2.75) is 70.3 Å². The highest BCUT2D eigenvalue weighted by Crippen LogP contribution is 2.51. The minimum Gasteiger partial charge on any atom is -0.463 e. The molecule has 0 amide bonds. The van der Waals surface area contributed by atoms with Crippen LogP contribution in [-0.4, -0.2) is 77.7 Å². The minimum absolute atomic E-state index is 0.0471. The Kier molecular flexibility index (Phi) is 8.02. The van der Waals surface area contributed by atoms with E-state index in [1.807, 2.05) is 11.9 Å². The summed E-state index contributed by atoms with van der Waals surface area (Å²) in [4.78, 5) is 17.1. The van der Waals surface area contributed by atoms with E-state index in [4.69, 9.17) is 27.1 Å². The molecule has 1 aromatic carbocycles. The molecule has 4 aliphatic rings. The second-order valence-corrected chi connectivity index (χ2v) is 14.4. The molecule has 0 spiro atoms. The third-order valence-corrected chi connectivity index (χ3v) is 10.9. The number of benzene rings is 1. The second kappa shape index (κ2) is 11.6. The number of aryl methyl sites for hydroxylation is 1. The van der Waals surface area contributed by atoms with Gasteiger partial charge in [-0.1, -0.05) is 25.1 Å². The van der Waals surface area contributed by atoms with Crippen LogP contribution in [0.4, 0.5) is 38.0 Å². The van der Waals surface area contributed by atoms with Crippen LogP contribution in [0.3, 0.4) is 0 Å². The quantitative estimate of drug-likeness (QED) is 0.285. The molecule has 2 aromatic heterocycles. The Morgan fingerprint density at radius 2 is 1.94 bits per heavy atom. The first-order valence-corrected chi connectivity index (χ1v) is 16.3. The topological polar surface area (TPSA) is 92.4 Å². The van der Waals surface area contributed by atoms with Crippen LogP contribution < -0.4 is 20.7 Å². The minimum atomic E-state index is -4.92. The van der Waals surface area contributed by atoms with E-state index in [2.05, 4.69) is 26.8 Å². The van der Waals surface area contributed by atoms with Crippen LogP contribution in [-0.2, 0) is 6.18 Å². The van der Waals surface area contributed by atoms with Crippen LogP contribution in [0.15, 0.2) is 12.6 Å². The van der Waals surface area contributed by atoms with E-state index >= 15 is 4.39 Å². The van der Waals surface area contributed by atoms with E-state index in [9.17, 15) is 22.0 Å². The molecule has 7 rings (SSSR count). The van der Waals surface area contributed by atoms with E-state index < -0.39 is 46.6 Å². The Morgan fingerprint density at radius 3 is 2.65 bits per heavy atom. The smallest absolute Gasteiger partial charge is 0.418 e. The highest BCUT2D eigenvalue weighted by Gasteiger charge is 2.47. The lowest BCUT2D eigenvalue weighted by Gasteiger charge is -2.44. The zero-order chi connectivity index (χ0) is 34.4. The average Bonchev–Trinajstić information content (AvgIpc) is 3.32. The molecule has 3 N–H and O–H groups in total. The van der Waals surface area contributed by atoms with Gasteiger partial charge in [-0.15, -0.1) is 0 Å². The van der Waals surface area contributed by atoms with Crippen LogP contribution in [0, 0.1) is 24.1 Å². The molecule has 4 aliphatic heterocycles. The summed E-state index contributed by atoms with van der Waals surface area (Å²) in [5, 5.41) is 3.51. The first-order valence-electron chi connectivity index (χ1n) is 15.9. The van der Waals surface area contributed by atoms with Gasteiger partial charge in [0.2, 0.25) is 6.43 Å². The summed E-state index contributed by atoms with van der Waals surface area (Å²) in [7, 11) is 1.84. The van der Waals surface area contributed by atoms with Gasteiger partial charge in [-0.3, -0.25) is 0 Å². The maximum Gasteiger partial charge on any atom is 0.418 e. The third-order valence-electron chi connectivity index (χ3n) is 10.6. The zero-order valence-electron chi connectivity index (χ0n) is 26.7. The first kappa shape index (κ1) is 33.2. The number of hydrogen-bond acceptors (Lipinski definition) is 8. The summed E-state index contributed by atoms with van der Waals surface area (Å²) in [5.41, 5.74) is 2.48. The van der Waals surface area contributed by atoms with E-state index in [1.54, 1.807) is 6.92 Å². The fraction of sp³-hybridized carbons (Fsp3) is 0.545. The van der Waals surface area contributed by atoms with Gasteiger partial charge in [0.15, 0.2) is 5.82 Å². The Bertz CT molecular complexity index is 1820. The van der Waals surface area contributed by atoms with E-state index in [0.717, 1.165) is 18.9 Å². The van der Waals surface area contributed by atoms with Crippen molar-refractivity contribution in [2.24, 2.45) is 11.3 Å². The first-order chi connectivity index (χ1) is 22.6. The maximum atomic E-state index is 17.0. The van der Waals surface area contributed by atoms with Crippen LogP contribution >= 0.6 is 11.6 Å². The van der Waals surface area contributed by atoms with Gasteiger partial charge < -0.3 is 25.6 Å². The lowest BCUT2D eigenvalue weighted by Crippen LogP contribution is -2.58. The number of rotatable bonds is 5. The molecule has 8 nitrogen and oxygen atoms in total. The number of aromatic nitrogens is 3. The molecular formula is C33H36ClF6N7O. The molecule has 0 saturated carbocycles. The van der Waals surface area contributed by atoms with Gasteiger partial charge in [-0.05, 0) is 63.4 Å². The highest BCUT2D eigenvalue weighted by atomic mass is 35.5. The van der Waals surface area contributed by atoms with Gasteiger partial charge in [0.05, 0.1) is 33.8 Å². The van der Waals surface area contributed by atoms with E-state index in [-0.39, 0.29) is 70.0 Å². The van der Waals surface area contributed by atoms with Gasteiger partial charge in [0.1, 0.15) is 17.2 Å². The summed E-state index contributed by atoms with van der Waals surface area (Å²) in [5.74, 6) is -2.06. The summed E-state index contributed by atoms with van der Waals surface area (Å²) in [6.45, 7) is 8.36. The predicted molar refractivity (Wildman–Crippen MR) is 172 cm³/mol. The number of alkyl halides is 5. The molecule has 48 heavy (non-hydrogen) atoms. The Labute approximate surface area is 278 Å². The van der Waals surface area contributed by atoms with Crippen LogP contribution in [0.25, 0.3) is 27.7 Å². The number of hydrogen-bond donors (Lipinski definition) is 2. The van der Waals surface area contributed by atoms with Crippen molar-refractivity contribution in [1.82, 2.24) is 25.2 Å². The predicted octanol–water partition coefficient (Wildman–Crippen LogP) is 6.72. The fourth-order valence-electron chi connectivity index (χ4n) is 8.39. The molecule has 15 heteroatoms. The number of ether oxygens (including phenoxy) is 1. The SMILES string of the molecule is C=C1C[C@@H]2C3CC[C@H](CN2c2nc(OCC4(C)CN(C)CCC4C(F)F)nc4c(F)c(-c5nc(N)cc(C)c5C(F)(F)F)c(Cl)c1c24)N3. The van der Waals surface area contributed by atoms with Crippen molar-refractivity contribution in [3.05, 3.63) is 40.2 Å². The summed E-state index contributed by atoms with van der Waals surface area (Å²) in [6.07, 6.45) is -5.07. The molecule has 258 valence electrons. The van der Waals surface area contributed by atoms with Crippen LogP contribution in [0.5, 0.6) is 6.01 Å². The Morgan fingerprint density at radius 1 is 1.19 bits per heavy atom. The van der Waals surface area contributed by atoms with Crippen molar-refractivity contribution in [3.63, 3.8) is 0 Å². The second-order valence-electron chi connectivity index (χ2n) is 14.0. The number of nitrogens with one attached hydrogen (secondary N) is 1. The van der Waals surface area contributed by atoms with Crippen molar-refractivity contribution in [3.8, 4) is 17.3 Å². The Hall–Kier alpha value is -3.36. The zero-order valence-corrected chi connectivity index (χ0v) is 27.5. The van der Waals surface area contributed by atoms with Crippen LogP contribution in [0.1, 0.15) is 49.3 Å². The normalized spacial score (nSPS) is 27.5. The molecule has 0 aliphatic carbocycles. The molecular weight excluding hydrogens is 660 g/mol. The van der Waals surface area contributed by atoms with Crippen molar-refractivity contribution in [2.75, 3.05) is 43.9 Å². The van der Waals surface area contributed by atoms with Crippen LogP contribution in [0.2, 0.25) is 5.02 Å². The van der Waals surface area contributed by atoms with Crippen molar-refractivity contribution in [1.29, 1.82) is 0 Å². The molecule has 5 atom stereocenters. The fourth-order valence-corrected chi connectivity index (χ4v) is 8.79. The number of nitrogens with two attached hydrogens (primary N) is 1. The number of nitrogens with zero attached hydrogens (tertiary/aromatic N) is 5.